The number of β-amino-alcohol motifs (C(OH)–C–C–N with tert-alkyl or cyclic N) is 1. The molecule has 0 saturated carbocycles. The van der Waals surface area contributed by atoms with E-state index in [2.05, 4.69) is 33.9 Å². The summed E-state index contributed by atoms with van der Waals surface area (Å²) >= 11 is 1.68. The minimum absolute atomic E-state index is 0.0614. The van der Waals surface area contributed by atoms with Gasteiger partial charge >= 0.3 is 0 Å². The van der Waals surface area contributed by atoms with Gasteiger partial charge in [-0.3, -0.25) is 4.79 Å². The van der Waals surface area contributed by atoms with E-state index >= 15 is 0 Å². The highest BCUT2D eigenvalue weighted by atomic mass is 32.1. The number of aryl methyl sites for hydroxylation is 1. The van der Waals surface area contributed by atoms with Crippen molar-refractivity contribution in [3.05, 3.63) is 58.0 Å². The summed E-state index contributed by atoms with van der Waals surface area (Å²) in [6.07, 6.45) is 1.74. The monoisotopic (exact) mass is 369 g/mol. The van der Waals surface area contributed by atoms with Crippen LogP contribution in [-0.2, 0) is 0 Å². The molecule has 1 aliphatic heterocycles. The molecule has 8 heteroatoms. The van der Waals surface area contributed by atoms with Gasteiger partial charge in [-0.1, -0.05) is 0 Å². The Balaban J connectivity index is 1.45. The van der Waals surface area contributed by atoms with E-state index in [0.29, 0.717) is 18.7 Å². The van der Waals surface area contributed by atoms with E-state index in [1.165, 1.54) is 21.4 Å². The third kappa shape index (κ3) is 3.13. The number of benzene rings is 1. The number of carbonyl (C=O) groups excluding carboxylic acids is 1. The molecular formula is C18H19N5O2S. The fourth-order valence-electron chi connectivity index (χ4n) is 3.41. The van der Waals surface area contributed by atoms with Crippen molar-refractivity contribution in [2.75, 3.05) is 13.1 Å². The van der Waals surface area contributed by atoms with Gasteiger partial charge in [0.1, 0.15) is 6.33 Å². The number of hydrogen-bond acceptors (Lipinski definition) is 6. The average molecular weight is 369 g/mol. The third-order valence-corrected chi connectivity index (χ3v) is 5.99. The molecule has 2 aromatic heterocycles. The lowest BCUT2D eigenvalue weighted by Crippen LogP contribution is -2.45. The standard InChI is InChI=1S/C18H19N5O2S/c1-12-7-9-26-17(12)15-6-8-22(10-16(15)24)18(25)13-2-4-14(5-3-13)23-11-19-20-21-23/h2-5,7,9,11,15-16,24H,6,8,10H2,1H3/t15-,16-/m1/s1. The van der Waals surface area contributed by atoms with Crippen molar-refractivity contribution in [3.8, 4) is 5.69 Å². The molecule has 4 rings (SSSR count). The van der Waals surface area contributed by atoms with Crippen LogP contribution < -0.4 is 0 Å². The first kappa shape index (κ1) is 16.9. The molecule has 1 N–H and O–H groups in total. The van der Waals surface area contributed by atoms with Gasteiger partial charge in [-0.2, -0.15) is 0 Å². The number of nitrogens with zero attached hydrogens (tertiary/aromatic N) is 5. The van der Waals surface area contributed by atoms with Crippen LogP contribution in [0.2, 0.25) is 0 Å². The van der Waals surface area contributed by atoms with Crippen molar-refractivity contribution < 1.29 is 9.90 Å². The molecule has 7 nitrogen and oxygen atoms in total. The molecule has 3 heterocycles. The molecule has 1 amide bonds. The van der Waals surface area contributed by atoms with Crippen LogP contribution in [0, 0.1) is 6.92 Å². The van der Waals surface area contributed by atoms with E-state index in [-0.39, 0.29) is 11.8 Å². The van der Waals surface area contributed by atoms with Crippen LogP contribution in [0.25, 0.3) is 5.69 Å². The predicted octanol–water partition coefficient (Wildman–Crippen LogP) is 2.02. The first-order valence-electron chi connectivity index (χ1n) is 8.48. The first-order chi connectivity index (χ1) is 12.6. The van der Waals surface area contributed by atoms with Crippen LogP contribution in [0.3, 0.4) is 0 Å². The van der Waals surface area contributed by atoms with Crippen LogP contribution in [0.4, 0.5) is 0 Å². The summed E-state index contributed by atoms with van der Waals surface area (Å²) in [7, 11) is 0. The molecule has 0 bridgehead atoms. The minimum atomic E-state index is -0.537. The Kier molecular flexibility index (Phi) is 4.52. The van der Waals surface area contributed by atoms with Crippen LogP contribution >= 0.6 is 11.3 Å². The van der Waals surface area contributed by atoms with Gasteiger partial charge in [-0.05, 0) is 65.0 Å². The number of tetrazole rings is 1. The summed E-state index contributed by atoms with van der Waals surface area (Å²) < 4.78 is 1.53. The van der Waals surface area contributed by atoms with E-state index in [9.17, 15) is 9.90 Å². The Morgan fingerprint density at radius 2 is 2.08 bits per heavy atom. The summed E-state index contributed by atoms with van der Waals surface area (Å²) in [6.45, 7) is 3.07. The summed E-state index contributed by atoms with van der Waals surface area (Å²) in [4.78, 5) is 15.7. The lowest BCUT2D eigenvalue weighted by molar-refractivity contribution is 0.0387. The lowest BCUT2D eigenvalue weighted by atomic mass is 9.90. The normalized spacial score (nSPS) is 20.3. The SMILES string of the molecule is Cc1ccsc1[C@@H]1CCN(C(=O)c2ccc(-n3cnnn3)cc2)C[C@H]1O. The molecule has 1 saturated heterocycles. The van der Waals surface area contributed by atoms with E-state index in [0.717, 1.165) is 12.1 Å². The number of rotatable bonds is 3. The van der Waals surface area contributed by atoms with E-state index in [4.69, 9.17) is 0 Å². The molecule has 26 heavy (non-hydrogen) atoms. The van der Waals surface area contributed by atoms with Crippen molar-refractivity contribution in [1.82, 2.24) is 25.1 Å². The Morgan fingerprint density at radius 3 is 2.69 bits per heavy atom. The fraction of sp³-hybridized carbons (Fsp3) is 0.333. The van der Waals surface area contributed by atoms with Gasteiger partial charge in [0.05, 0.1) is 11.8 Å². The molecular weight excluding hydrogens is 350 g/mol. The molecule has 1 aliphatic rings. The maximum Gasteiger partial charge on any atom is 0.253 e. The fourth-order valence-corrected chi connectivity index (χ4v) is 4.53. The molecule has 2 atom stereocenters. The molecule has 0 aliphatic carbocycles. The Morgan fingerprint density at radius 1 is 1.27 bits per heavy atom. The summed E-state index contributed by atoms with van der Waals surface area (Å²) in [5.41, 5.74) is 2.61. The van der Waals surface area contributed by atoms with Crippen LogP contribution in [0.15, 0.2) is 42.0 Å². The number of hydrogen-bond donors (Lipinski definition) is 1. The Hall–Kier alpha value is -2.58. The number of piperidine rings is 1. The molecule has 3 aromatic rings. The highest BCUT2D eigenvalue weighted by Crippen LogP contribution is 2.34. The first-order valence-corrected chi connectivity index (χ1v) is 9.36. The van der Waals surface area contributed by atoms with Gasteiger partial charge in [-0.15, -0.1) is 16.4 Å². The number of likely N-dealkylation sites (tertiary alicyclic amines) is 1. The van der Waals surface area contributed by atoms with Crippen LogP contribution in [0.1, 0.15) is 33.1 Å². The van der Waals surface area contributed by atoms with E-state index in [1.54, 1.807) is 28.4 Å². The van der Waals surface area contributed by atoms with Crippen molar-refractivity contribution in [3.63, 3.8) is 0 Å². The zero-order valence-electron chi connectivity index (χ0n) is 14.3. The Labute approximate surface area is 154 Å². The number of aliphatic hydroxyl groups is 1. The summed E-state index contributed by atoms with van der Waals surface area (Å²) in [6, 6.07) is 9.22. The second kappa shape index (κ2) is 6.97. The van der Waals surface area contributed by atoms with Crippen LogP contribution in [0.5, 0.6) is 0 Å². The maximum atomic E-state index is 12.8. The number of amides is 1. The molecule has 1 fully saturated rings. The topological polar surface area (TPSA) is 84.1 Å². The zero-order valence-corrected chi connectivity index (χ0v) is 15.1. The number of aromatic nitrogens is 4. The van der Waals surface area contributed by atoms with Crippen LogP contribution in [-0.4, -0.2) is 55.3 Å². The molecule has 134 valence electrons. The second-order valence-corrected chi connectivity index (χ2v) is 7.43. The lowest BCUT2D eigenvalue weighted by Gasteiger charge is -2.36. The van der Waals surface area contributed by atoms with E-state index in [1.807, 2.05) is 12.1 Å². The molecule has 0 unspecified atom stereocenters. The van der Waals surface area contributed by atoms with Crippen molar-refractivity contribution in [2.24, 2.45) is 0 Å². The van der Waals surface area contributed by atoms with Crippen molar-refractivity contribution in [2.45, 2.75) is 25.4 Å². The van der Waals surface area contributed by atoms with Crippen molar-refractivity contribution in [1.29, 1.82) is 0 Å². The number of aliphatic hydroxyl groups excluding tert-OH is 1. The van der Waals surface area contributed by atoms with Gasteiger partial charge in [0.2, 0.25) is 0 Å². The Bertz CT molecular complexity index is 891. The maximum absolute atomic E-state index is 12.8. The predicted molar refractivity (Wildman–Crippen MR) is 97.5 cm³/mol. The zero-order chi connectivity index (χ0) is 18.1. The van der Waals surface area contributed by atoms with E-state index < -0.39 is 6.10 Å². The van der Waals surface area contributed by atoms with Gasteiger partial charge in [0, 0.05) is 29.4 Å². The van der Waals surface area contributed by atoms with Gasteiger partial charge in [0.25, 0.3) is 5.91 Å². The average Bonchev–Trinajstić information content (AvgIpc) is 3.33. The summed E-state index contributed by atoms with van der Waals surface area (Å²) in [5, 5.41) is 23.7. The summed E-state index contributed by atoms with van der Waals surface area (Å²) in [5.74, 6) is 0.0508. The number of carbonyl (C=O) groups is 1. The van der Waals surface area contributed by atoms with Gasteiger partial charge in [0.15, 0.2) is 0 Å². The van der Waals surface area contributed by atoms with Crippen molar-refractivity contribution >= 4 is 17.2 Å². The quantitative estimate of drug-likeness (QED) is 0.764. The minimum Gasteiger partial charge on any atom is -0.391 e. The molecule has 0 spiro atoms. The smallest absolute Gasteiger partial charge is 0.253 e. The second-order valence-electron chi connectivity index (χ2n) is 6.48. The van der Waals surface area contributed by atoms with Gasteiger partial charge < -0.3 is 10.0 Å². The highest BCUT2D eigenvalue weighted by Gasteiger charge is 2.32. The number of thiophene rings is 1. The largest absolute Gasteiger partial charge is 0.391 e. The highest BCUT2D eigenvalue weighted by molar-refractivity contribution is 7.10. The molecule has 1 aromatic carbocycles. The van der Waals surface area contributed by atoms with Gasteiger partial charge in [-0.25, -0.2) is 4.68 Å². The molecule has 0 radical (unpaired) electrons. The third-order valence-electron chi connectivity index (χ3n) is 4.84.